The molecule has 1 aliphatic rings. The van der Waals surface area contributed by atoms with Gasteiger partial charge in [-0.05, 0) is 44.5 Å². The number of methoxy groups -OCH3 is 1. The molecule has 3 heteroatoms. The van der Waals surface area contributed by atoms with Crippen LogP contribution in [0.5, 0.6) is 5.75 Å². The van der Waals surface area contributed by atoms with E-state index in [0.717, 1.165) is 25.3 Å². The Balaban J connectivity index is 2.10. The molecule has 0 aliphatic carbocycles. The van der Waals surface area contributed by atoms with Crippen molar-refractivity contribution in [3.63, 3.8) is 0 Å². The molecule has 0 spiro atoms. The molecular weight excluding hydrogens is 224 g/mol. The van der Waals surface area contributed by atoms with Gasteiger partial charge >= 0.3 is 0 Å². The molecule has 1 fully saturated rings. The zero-order valence-corrected chi connectivity index (χ0v) is 11.5. The highest BCUT2D eigenvalue weighted by atomic mass is 16.5. The number of hydrogen-bond donors (Lipinski definition) is 1. The van der Waals surface area contributed by atoms with E-state index in [1.54, 1.807) is 7.11 Å². The lowest BCUT2D eigenvalue weighted by Gasteiger charge is -2.41. The van der Waals surface area contributed by atoms with Crippen molar-refractivity contribution in [3.8, 4) is 5.75 Å². The van der Waals surface area contributed by atoms with Crippen molar-refractivity contribution in [2.45, 2.75) is 38.3 Å². The van der Waals surface area contributed by atoms with E-state index in [2.05, 4.69) is 17.9 Å². The Morgan fingerprint density at radius 3 is 2.56 bits per heavy atom. The Hall–Kier alpha value is -1.06. The fraction of sp³-hybridized carbons (Fsp3) is 0.600. The van der Waals surface area contributed by atoms with Crippen molar-refractivity contribution in [2.24, 2.45) is 5.73 Å². The van der Waals surface area contributed by atoms with Crippen LogP contribution in [0.2, 0.25) is 0 Å². The van der Waals surface area contributed by atoms with Crippen LogP contribution < -0.4 is 10.5 Å². The molecule has 1 saturated heterocycles. The highest BCUT2D eigenvalue weighted by molar-refractivity contribution is 5.34. The molecule has 1 aromatic carbocycles. The number of likely N-dealkylation sites (tertiary alicyclic amines) is 1. The minimum Gasteiger partial charge on any atom is -0.496 e. The van der Waals surface area contributed by atoms with Gasteiger partial charge in [0.25, 0.3) is 0 Å². The summed E-state index contributed by atoms with van der Waals surface area (Å²) in [5, 5.41) is 0. The lowest BCUT2D eigenvalue weighted by molar-refractivity contribution is 0.0850. The number of nitrogens with zero attached hydrogens (tertiary/aromatic N) is 1. The van der Waals surface area contributed by atoms with E-state index in [0.29, 0.717) is 0 Å². The average molecular weight is 248 g/mol. The number of benzene rings is 1. The summed E-state index contributed by atoms with van der Waals surface area (Å²) in [6.07, 6.45) is 4.69. The molecule has 1 aliphatic heterocycles. The maximum atomic E-state index is 6.52. The Bertz CT molecular complexity index is 384. The van der Waals surface area contributed by atoms with E-state index in [-0.39, 0.29) is 5.66 Å². The van der Waals surface area contributed by atoms with Gasteiger partial charge < -0.3 is 10.5 Å². The van der Waals surface area contributed by atoms with Crippen molar-refractivity contribution >= 4 is 0 Å². The van der Waals surface area contributed by atoms with E-state index in [9.17, 15) is 0 Å². The first-order valence-electron chi connectivity index (χ1n) is 6.79. The Morgan fingerprint density at radius 2 is 1.89 bits per heavy atom. The predicted octanol–water partition coefficient (Wildman–Crippen LogP) is 2.40. The van der Waals surface area contributed by atoms with Crippen LogP contribution in [0.1, 0.15) is 31.7 Å². The molecule has 0 saturated carbocycles. The zero-order chi connectivity index (χ0) is 13.0. The largest absolute Gasteiger partial charge is 0.496 e. The Labute approximate surface area is 110 Å². The first kappa shape index (κ1) is 13.4. The van der Waals surface area contributed by atoms with Gasteiger partial charge in [-0.2, -0.15) is 0 Å². The van der Waals surface area contributed by atoms with Gasteiger partial charge in [-0.1, -0.05) is 24.6 Å². The summed E-state index contributed by atoms with van der Waals surface area (Å²) >= 11 is 0. The van der Waals surface area contributed by atoms with Gasteiger partial charge in [0.15, 0.2) is 0 Å². The normalized spacial score (nSPS) is 20.4. The van der Waals surface area contributed by atoms with Crippen LogP contribution >= 0.6 is 0 Å². The molecule has 0 bridgehead atoms. The van der Waals surface area contributed by atoms with Crippen molar-refractivity contribution in [2.75, 3.05) is 20.2 Å². The van der Waals surface area contributed by atoms with Crippen LogP contribution in [0.4, 0.5) is 0 Å². The predicted molar refractivity (Wildman–Crippen MR) is 74.7 cm³/mol. The van der Waals surface area contributed by atoms with Crippen LogP contribution in [0.25, 0.3) is 0 Å². The third kappa shape index (κ3) is 3.03. The van der Waals surface area contributed by atoms with Crippen molar-refractivity contribution in [1.82, 2.24) is 4.90 Å². The first-order chi connectivity index (χ1) is 8.63. The van der Waals surface area contributed by atoms with E-state index < -0.39 is 0 Å². The van der Waals surface area contributed by atoms with Crippen molar-refractivity contribution < 1.29 is 4.74 Å². The van der Waals surface area contributed by atoms with E-state index in [1.165, 1.54) is 24.8 Å². The van der Waals surface area contributed by atoms with E-state index in [4.69, 9.17) is 10.5 Å². The second-order valence-corrected chi connectivity index (χ2v) is 5.39. The van der Waals surface area contributed by atoms with Gasteiger partial charge in [-0.3, -0.25) is 4.90 Å². The summed E-state index contributed by atoms with van der Waals surface area (Å²) in [6.45, 7) is 4.36. The van der Waals surface area contributed by atoms with Gasteiger partial charge in [-0.15, -0.1) is 0 Å². The second kappa shape index (κ2) is 5.72. The molecule has 0 aromatic heterocycles. The topological polar surface area (TPSA) is 38.5 Å². The number of hydrogen-bond acceptors (Lipinski definition) is 3. The number of para-hydroxylation sites is 1. The van der Waals surface area contributed by atoms with Crippen molar-refractivity contribution in [3.05, 3.63) is 29.8 Å². The van der Waals surface area contributed by atoms with Crippen LogP contribution in [0.3, 0.4) is 0 Å². The molecule has 1 aromatic rings. The molecule has 18 heavy (non-hydrogen) atoms. The Kier molecular flexibility index (Phi) is 4.25. The summed E-state index contributed by atoms with van der Waals surface area (Å²) in [4.78, 5) is 2.41. The highest BCUT2D eigenvalue weighted by Crippen LogP contribution is 2.25. The van der Waals surface area contributed by atoms with E-state index in [1.807, 2.05) is 18.2 Å². The lowest BCUT2D eigenvalue weighted by atomic mass is 9.97. The minimum absolute atomic E-state index is 0.283. The molecule has 2 rings (SSSR count). The second-order valence-electron chi connectivity index (χ2n) is 5.39. The van der Waals surface area contributed by atoms with Gasteiger partial charge in [0.05, 0.1) is 12.8 Å². The molecule has 1 heterocycles. The van der Waals surface area contributed by atoms with Crippen molar-refractivity contribution in [1.29, 1.82) is 0 Å². The van der Waals surface area contributed by atoms with Gasteiger partial charge in [0, 0.05) is 6.42 Å². The van der Waals surface area contributed by atoms with Gasteiger partial charge in [0.2, 0.25) is 0 Å². The fourth-order valence-corrected chi connectivity index (χ4v) is 2.75. The average Bonchev–Trinajstić information content (AvgIpc) is 2.40. The molecule has 0 radical (unpaired) electrons. The molecule has 2 N–H and O–H groups in total. The molecule has 100 valence electrons. The number of nitrogens with two attached hydrogens (primary N) is 1. The third-order valence-electron chi connectivity index (χ3n) is 3.82. The zero-order valence-electron chi connectivity index (χ0n) is 11.5. The van der Waals surface area contributed by atoms with Gasteiger partial charge in [-0.25, -0.2) is 0 Å². The molecule has 1 unspecified atom stereocenters. The lowest BCUT2D eigenvalue weighted by Crippen LogP contribution is -2.56. The maximum absolute atomic E-state index is 6.52. The standard InChI is InChI=1S/C15H24N2O/c1-15(16,17-10-6-3-7-11-17)12-13-8-4-5-9-14(13)18-2/h4-5,8-9H,3,6-7,10-12,16H2,1-2H3. The van der Waals surface area contributed by atoms with E-state index >= 15 is 0 Å². The van der Waals surface area contributed by atoms with Crippen LogP contribution in [-0.2, 0) is 6.42 Å². The summed E-state index contributed by atoms with van der Waals surface area (Å²) in [5.41, 5.74) is 7.43. The Morgan fingerprint density at radius 1 is 1.22 bits per heavy atom. The third-order valence-corrected chi connectivity index (χ3v) is 3.82. The maximum Gasteiger partial charge on any atom is 0.122 e. The quantitative estimate of drug-likeness (QED) is 0.889. The van der Waals surface area contributed by atoms with Gasteiger partial charge in [0.1, 0.15) is 5.75 Å². The van der Waals surface area contributed by atoms with Crippen LogP contribution in [0, 0.1) is 0 Å². The summed E-state index contributed by atoms with van der Waals surface area (Å²) in [6, 6.07) is 8.15. The summed E-state index contributed by atoms with van der Waals surface area (Å²) in [5.74, 6) is 0.936. The SMILES string of the molecule is COc1ccccc1CC(C)(N)N1CCCCC1. The van der Waals surface area contributed by atoms with Crippen LogP contribution in [0.15, 0.2) is 24.3 Å². The highest BCUT2D eigenvalue weighted by Gasteiger charge is 2.29. The molecular formula is C15H24N2O. The molecule has 3 nitrogen and oxygen atoms in total. The number of piperidine rings is 1. The fourth-order valence-electron chi connectivity index (χ4n) is 2.75. The summed E-state index contributed by atoms with van der Waals surface area (Å²) < 4.78 is 5.40. The smallest absolute Gasteiger partial charge is 0.122 e. The number of rotatable bonds is 4. The first-order valence-corrected chi connectivity index (χ1v) is 6.79. The molecule has 0 amide bonds. The van der Waals surface area contributed by atoms with Crippen LogP contribution in [-0.4, -0.2) is 30.8 Å². The summed E-state index contributed by atoms with van der Waals surface area (Å²) in [7, 11) is 1.72. The monoisotopic (exact) mass is 248 g/mol. The number of ether oxygens (including phenoxy) is 1. The molecule has 1 atom stereocenters. The minimum atomic E-state index is -0.283.